The van der Waals surface area contributed by atoms with Crippen molar-refractivity contribution in [2.45, 2.75) is 39.3 Å². The van der Waals surface area contributed by atoms with E-state index < -0.39 is 5.60 Å². The Morgan fingerprint density at radius 1 is 1.35 bits per heavy atom. The molecule has 1 heterocycles. The second-order valence-corrected chi connectivity index (χ2v) is 5.70. The Kier molecular flexibility index (Phi) is 3.80. The Balaban J connectivity index is 2.12. The molecule has 0 N–H and O–H groups in total. The molecule has 0 aliphatic carbocycles. The van der Waals surface area contributed by atoms with E-state index in [-0.39, 0.29) is 5.97 Å². The van der Waals surface area contributed by atoms with E-state index in [9.17, 15) is 4.79 Å². The van der Waals surface area contributed by atoms with Gasteiger partial charge in [-0.2, -0.15) is 5.26 Å². The van der Waals surface area contributed by atoms with Crippen LogP contribution in [0.25, 0.3) is 10.9 Å². The standard InChI is InChI=1S/C16H18N2O2/c1-16(2,3)20-15(19)8-10-18-9-7-13-12(11-17)5-4-6-14(13)18/h4-7,9H,8,10H2,1-3H3. The average Bonchev–Trinajstić information content (AvgIpc) is 2.77. The van der Waals surface area contributed by atoms with Crippen molar-refractivity contribution in [2.75, 3.05) is 0 Å². The molecule has 0 radical (unpaired) electrons. The van der Waals surface area contributed by atoms with Crippen molar-refractivity contribution in [1.29, 1.82) is 5.26 Å². The van der Waals surface area contributed by atoms with Crippen LogP contribution in [0.4, 0.5) is 0 Å². The zero-order chi connectivity index (χ0) is 14.8. The molecule has 0 aliphatic rings. The summed E-state index contributed by atoms with van der Waals surface area (Å²) in [6.07, 6.45) is 2.22. The van der Waals surface area contributed by atoms with Gasteiger partial charge < -0.3 is 9.30 Å². The number of benzene rings is 1. The summed E-state index contributed by atoms with van der Waals surface area (Å²) in [6, 6.07) is 9.67. The molecule has 0 saturated carbocycles. The van der Waals surface area contributed by atoms with Gasteiger partial charge in [-0.25, -0.2) is 0 Å². The first-order chi connectivity index (χ1) is 9.40. The summed E-state index contributed by atoms with van der Waals surface area (Å²) < 4.78 is 7.26. The number of aryl methyl sites for hydroxylation is 1. The van der Waals surface area contributed by atoms with Crippen LogP contribution in [0.3, 0.4) is 0 Å². The summed E-state index contributed by atoms with van der Waals surface area (Å²) in [6.45, 7) is 6.12. The lowest BCUT2D eigenvalue weighted by Crippen LogP contribution is -2.24. The molecule has 0 unspecified atom stereocenters. The lowest BCUT2D eigenvalue weighted by molar-refractivity contribution is -0.155. The number of fused-ring (bicyclic) bond motifs is 1. The van der Waals surface area contributed by atoms with E-state index in [1.54, 1.807) is 6.07 Å². The molecule has 0 fully saturated rings. The van der Waals surface area contributed by atoms with Crippen LogP contribution in [-0.4, -0.2) is 16.1 Å². The molecule has 104 valence electrons. The molecule has 1 aromatic carbocycles. The minimum Gasteiger partial charge on any atom is -0.460 e. The highest BCUT2D eigenvalue weighted by atomic mass is 16.6. The van der Waals surface area contributed by atoms with Gasteiger partial charge in [-0.15, -0.1) is 0 Å². The molecule has 0 spiro atoms. The zero-order valence-corrected chi connectivity index (χ0v) is 12.0. The first-order valence-corrected chi connectivity index (χ1v) is 6.60. The van der Waals surface area contributed by atoms with Crippen LogP contribution in [0.1, 0.15) is 32.8 Å². The van der Waals surface area contributed by atoms with Crippen molar-refractivity contribution in [3.05, 3.63) is 36.0 Å². The van der Waals surface area contributed by atoms with Crippen LogP contribution < -0.4 is 0 Å². The Morgan fingerprint density at radius 3 is 2.75 bits per heavy atom. The van der Waals surface area contributed by atoms with Crippen LogP contribution >= 0.6 is 0 Å². The Labute approximate surface area is 118 Å². The summed E-state index contributed by atoms with van der Waals surface area (Å²) in [5.74, 6) is -0.212. The van der Waals surface area contributed by atoms with Gasteiger partial charge in [0.1, 0.15) is 5.60 Å². The van der Waals surface area contributed by atoms with Gasteiger partial charge in [0.25, 0.3) is 0 Å². The van der Waals surface area contributed by atoms with E-state index in [4.69, 9.17) is 10.00 Å². The van der Waals surface area contributed by atoms with E-state index in [2.05, 4.69) is 6.07 Å². The third-order valence-electron chi connectivity index (χ3n) is 2.91. The predicted octanol–water partition coefficient (Wildman–Crippen LogP) is 3.24. The van der Waals surface area contributed by atoms with Crippen molar-refractivity contribution >= 4 is 16.9 Å². The quantitative estimate of drug-likeness (QED) is 0.804. The Bertz CT molecular complexity index is 672. The number of hydrogen-bond donors (Lipinski definition) is 0. The molecule has 4 heteroatoms. The van der Waals surface area contributed by atoms with Crippen molar-refractivity contribution in [3.63, 3.8) is 0 Å². The lowest BCUT2D eigenvalue weighted by atomic mass is 10.1. The fourth-order valence-electron chi connectivity index (χ4n) is 2.12. The molecule has 0 aliphatic heterocycles. The molecular formula is C16H18N2O2. The van der Waals surface area contributed by atoms with Crippen molar-refractivity contribution in [2.24, 2.45) is 0 Å². The fraction of sp³-hybridized carbons (Fsp3) is 0.375. The summed E-state index contributed by atoms with van der Waals surface area (Å²) in [5, 5.41) is 9.97. The molecule has 20 heavy (non-hydrogen) atoms. The van der Waals surface area contributed by atoms with Gasteiger partial charge in [0.2, 0.25) is 0 Å². The first kappa shape index (κ1) is 14.1. The molecule has 4 nitrogen and oxygen atoms in total. The van der Waals surface area contributed by atoms with Gasteiger partial charge >= 0.3 is 5.97 Å². The van der Waals surface area contributed by atoms with E-state index in [0.717, 1.165) is 10.9 Å². The van der Waals surface area contributed by atoms with Crippen molar-refractivity contribution in [3.8, 4) is 6.07 Å². The zero-order valence-electron chi connectivity index (χ0n) is 12.0. The van der Waals surface area contributed by atoms with E-state index in [1.807, 2.05) is 49.7 Å². The van der Waals surface area contributed by atoms with Crippen LogP contribution in [-0.2, 0) is 16.1 Å². The second kappa shape index (κ2) is 5.38. The van der Waals surface area contributed by atoms with Crippen LogP contribution in [0, 0.1) is 11.3 Å². The highest BCUT2D eigenvalue weighted by Gasteiger charge is 2.16. The largest absolute Gasteiger partial charge is 0.460 e. The highest BCUT2D eigenvalue weighted by Crippen LogP contribution is 2.20. The third kappa shape index (κ3) is 3.18. The van der Waals surface area contributed by atoms with Gasteiger partial charge in [-0.05, 0) is 39.0 Å². The minimum atomic E-state index is -0.455. The van der Waals surface area contributed by atoms with Gasteiger partial charge in [-0.1, -0.05) is 6.07 Å². The van der Waals surface area contributed by atoms with Crippen molar-refractivity contribution in [1.82, 2.24) is 4.57 Å². The fourth-order valence-corrected chi connectivity index (χ4v) is 2.12. The van der Waals surface area contributed by atoms with E-state index in [1.165, 1.54) is 0 Å². The monoisotopic (exact) mass is 270 g/mol. The molecule has 1 aromatic heterocycles. The smallest absolute Gasteiger partial charge is 0.308 e. The van der Waals surface area contributed by atoms with Crippen LogP contribution in [0.5, 0.6) is 0 Å². The first-order valence-electron chi connectivity index (χ1n) is 6.60. The normalized spacial score (nSPS) is 11.3. The second-order valence-electron chi connectivity index (χ2n) is 5.70. The van der Waals surface area contributed by atoms with Crippen LogP contribution in [0.15, 0.2) is 30.5 Å². The van der Waals surface area contributed by atoms with Gasteiger partial charge in [0, 0.05) is 23.6 Å². The third-order valence-corrected chi connectivity index (χ3v) is 2.91. The van der Waals surface area contributed by atoms with Gasteiger partial charge in [0.15, 0.2) is 0 Å². The Morgan fingerprint density at radius 2 is 2.10 bits per heavy atom. The van der Waals surface area contributed by atoms with Crippen LogP contribution in [0.2, 0.25) is 0 Å². The number of carbonyl (C=O) groups excluding carboxylic acids is 1. The summed E-state index contributed by atoms with van der Waals surface area (Å²) in [4.78, 5) is 11.7. The molecule has 0 amide bonds. The van der Waals surface area contributed by atoms with Gasteiger partial charge in [-0.3, -0.25) is 4.79 Å². The van der Waals surface area contributed by atoms with E-state index >= 15 is 0 Å². The number of aromatic nitrogens is 1. The number of nitrogens with zero attached hydrogens (tertiary/aromatic N) is 2. The molecular weight excluding hydrogens is 252 g/mol. The van der Waals surface area contributed by atoms with E-state index in [0.29, 0.717) is 18.5 Å². The summed E-state index contributed by atoms with van der Waals surface area (Å²) in [7, 11) is 0. The molecule has 0 atom stereocenters. The molecule has 0 saturated heterocycles. The van der Waals surface area contributed by atoms with Crippen molar-refractivity contribution < 1.29 is 9.53 Å². The molecule has 2 rings (SSSR count). The topological polar surface area (TPSA) is 55.0 Å². The SMILES string of the molecule is CC(C)(C)OC(=O)CCn1ccc2c(C#N)cccc21. The van der Waals surface area contributed by atoms with Gasteiger partial charge in [0.05, 0.1) is 18.1 Å². The lowest BCUT2D eigenvalue weighted by Gasteiger charge is -2.19. The Hall–Kier alpha value is -2.28. The molecule has 2 aromatic rings. The maximum atomic E-state index is 11.7. The maximum Gasteiger partial charge on any atom is 0.308 e. The number of esters is 1. The highest BCUT2D eigenvalue weighted by molar-refractivity contribution is 5.86. The average molecular weight is 270 g/mol. The summed E-state index contributed by atoms with van der Waals surface area (Å²) >= 11 is 0. The minimum absolute atomic E-state index is 0.212. The number of carbonyl (C=O) groups is 1. The number of hydrogen-bond acceptors (Lipinski definition) is 3. The summed E-state index contributed by atoms with van der Waals surface area (Å²) in [5.41, 5.74) is 1.16. The predicted molar refractivity (Wildman–Crippen MR) is 77.1 cm³/mol. The maximum absolute atomic E-state index is 11.7. The number of nitriles is 1. The number of ether oxygens (including phenoxy) is 1. The molecule has 0 bridgehead atoms. The number of rotatable bonds is 3.